The third-order valence-electron chi connectivity index (χ3n) is 4.10. The Balaban J connectivity index is 1.58. The van der Waals surface area contributed by atoms with Crippen LogP contribution < -0.4 is 5.32 Å². The lowest BCUT2D eigenvalue weighted by atomic mass is 10.0. The van der Waals surface area contributed by atoms with Crippen molar-refractivity contribution in [3.63, 3.8) is 0 Å². The molecular formula is C13H17N3O4S. The summed E-state index contributed by atoms with van der Waals surface area (Å²) in [7, 11) is 0. The Morgan fingerprint density at radius 2 is 2.05 bits per heavy atom. The molecule has 2 fully saturated rings. The van der Waals surface area contributed by atoms with E-state index in [1.165, 1.54) is 16.7 Å². The summed E-state index contributed by atoms with van der Waals surface area (Å²) in [5.74, 6) is -1.06. The fourth-order valence-electron chi connectivity index (χ4n) is 3.21. The number of aromatic nitrogens is 1. The Labute approximate surface area is 125 Å². The predicted octanol–water partition coefficient (Wildman–Crippen LogP) is 1.04. The average molecular weight is 311 g/mol. The van der Waals surface area contributed by atoms with Crippen molar-refractivity contribution in [3.05, 3.63) is 16.1 Å². The first-order valence-electron chi connectivity index (χ1n) is 6.96. The molecule has 3 N–H and O–H groups in total. The van der Waals surface area contributed by atoms with Gasteiger partial charge in [0.2, 0.25) is 0 Å². The second kappa shape index (κ2) is 5.61. The SMILES string of the molecule is O=C(O)c1csc(CNC(=O)N2C3CCC2CC(O)C3)n1. The Hall–Kier alpha value is -1.67. The molecule has 0 saturated carbocycles. The van der Waals surface area contributed by atoms with Crippen molar-refractivity contribution in [1.82, 2.24) is 15.2 Å². The van der Waals surface area contributed by atoms with E-state index < -0.39 is 5.97 Å². The second-order valence-electron chi connectivity index (χ2n) is 5.51. The maximum absolute atomic E-state index is 12.3. The summed E-state index contributed by atoms with van der Waals surface area (Å²) in [4.78, 5) is 28.8. The standard InChI is InChI=1S/C13H17N3O4S/c17-9-3-7-1-2-8(4-9)16(7)13(20)14-5-11-15-10(6-21-11)12(18)19/h6-9,17H,1-5H2,(H,14,20)(H,18,19). The highest BCUT2D eigenvalue weighted by atomic mass is 32.1. The van der Waals surface area contributed by atoms with Crippen LogP contribution in [0.15, 0.2) is 5.38 Å². The van der Waals surface area contributed by atoms with E-state index in [4.69, 9.17) is 5.11 Å². The van der Waals surface area contributed by atoms with Gasteiger partial charge in [-0.25, -0.2) is 14.6 Å². The van der Waals surface area contributed by atoms with Crippen molar-refractivity contribution in [3.8, 4) is 0 Å². The summed E-state index contributed by atoms with van der Waals surface area (Å²) in [6.45, 7) is 0.231. The molecule has 1 aromatic rings. The van der Waals surface area contributed by atoms with Crippen LogP contribution in [0.3, 0.4) is 0 Å². The minimum absolute atomic E-state index is 0.00501. The van der Waals surface area contributed by atoms with Gasteiger partial charge in [0, 0.05) is 17.5 Å². The van der Waals surface area contributed by atoms with Crippen LogP contribution in [0.2, 0.25) is 0 Å². The zero-order chi connectivity index (χ0) is 15.0. The molecule has 1 aromatic heterocycles. The monoisotopic (exact) mass is 311 g/mol. The van der Waals surface area contributed by atoms with Crippen molar-refractivity contribution in [2.24, 2.45) is 0 Å². The Kier molecular flexibility index (Phi) is 3.81. The summed E-state index contributed by atoms with van der Waals surface area (Å²) in [6, 6.07) is 0.0794. The average Bonchev–Trinajstić information content (AvgIpc) is 3.00. The largest absolute Gasteiger partial charge is 0.476 e. The van der Waals surface area contributed by atoms with Crippen LogP contribution in [0.1, 0.15) is 41.2 Å². The smallest absolute Gasteiger partial charge is 0.355 e. The highest BCUT2D eigenvalue weighted by molar-refractivity contribution is 7.09. The Bertz CT molecular complexity index is 547. The molecule has 2 unspecified atom stereocenters. The van der Waals surface area contributed by atoms with E-state index in [2.05, 4.69) is 10.3 Å². The minimum atomic E-state index is -1.06. The van der Waals surface area contributed by atoms with E-state index >= 15 is 0 Å². The number of nitrogens with one attached hydrogen (secondary N) is 1. The third kappa shape index (κ3) is 2.86. The number of carboxylic acid groups (broad SMARTS) is 1. The van der Waals surface area contributed by atoms with Crippen molar-refractivity contribution < 1.29 is 19.8 Å². The lowest BCUT2D eigenvalue weighted by molar-refractivity contribution is 0.0541. The van der Waals surface area contributed by atoms with Crippen LogP contribution in [0.4, 0.5) is 4.79 Å². The Morgan fingerprint density at radius 3 is 2.62 bits per heavy atom. The molecule has 0 aromatic carbocycles. The van der Waals surface area contributed by atoms with Crippen LogP contribution in [0, 0.1) is 0 Å². The number of urea groups is 1. The number of aromatic carboxylic acids is 1. The summed E-state index contributed by atoms with van der Waals surface area (Å²) < 4.78 is 0. The molecule has 3 rings (SSSR count). The molecule has 114 valence electrons. The van der Waals surface area contributed by atoms with Crippen LogP contribution in [-0.2, 0) is 6.54 Å². The van der Waals surface area contributed by atoms with Gasteiger partial charge in [0.25, 0.3) is 0 Å². The van der Waals surface area contributed by atoms with Gasteiger partial charge in [0.1, 0.15) is 5.01 Å². The van der Waals surface area contributed by atoms with Crippen molar-refractivity contribution in [2.75, 3.05) is 0 Å². The molecule has 2 amide bonds. The number of hydrogen-bond donors (Lipinski definition) is 3. The maximum Gasteiger partial charge on any atom is 0.355 e. The summed E-state index contributed by atoms with van der Waals surface area (Å²) >= 11 is 1.22. The van der Waals surface area contributed by atoms with Gasteiger partial charge in [-0.05, 0) is 25.7 Å². The molecule has 8 heteroatoms. The minimum Gasteiger partial charge on any atom is -0.476 e. The number of rotatable bonds is 3. The molecule has 0 spiro atoms. The van der Waals surface area contributed by atoms with Gasteiger partial charge in [-0.1, -0.05) is 0 Å². The molecule has 2 atom stereocenters. The van der Waals surface area contributed by atoms with Crippen molar-refractivity contribution in [2.45, 2.75) is 50.4 Å². The topological polar surface area (TPSA) is 103 Å². The number of nitrogens with zero attached hydrogens (tertiary/aromatic N) is 2. The van der Waals surface area contributed by atoms with Crippen molar-refractivity contribution >= 4 is 23.3 Å². The van der Waals surface area contributed by atoms with E-state index in [1.54, 1.807) is 0 Å². The maximum atomic E-state index is 12.3. The number of thiazole rings is 1. The normalized spacial score (nSPS) is 27.7. The summed E-state index contributed by atoms with van der Waals surface area (Å²) in [5.41, 5.74) is 0.00501. The first-order valence-corrected chi connectivity index (χ1v) is 7.84. The summed E-state index contributed by atoms with van der Waals surface area (Å²) in [6.07, 6.45) is 2.86. The van der Waals surface area contributed by atoms with Gasteiger partial charge in [-0.15, -0.1) is 11.3 Å². The van der Waals surface area contributed by atoms with Crippen LogP contribution >= 0.6 is 11.3 Å². The zero-order valence-electron chi connectivity index (χ0n) is 11.4. The molecule has 0 radical (unpaired) electrons. The second-order valence-corrected chi connectivity index (χ2v) is 6.45. The first kappa shape index (κ1) is 14.3. The number of aliphatic hydroxyl groups excluding tert-OH is 1. The van der Waals surface area contributed by atoms with Gasteiger partial charge < -0.3 is 20.4 Å². The summed E-state index contributed by atoms with van der Waals surface area (Å²) in [5, 5.41) is 23.4. The highest BCUT2D eigenvalue weighted by Gasteiger charge is 2.42. The molecule has 21 heavy (non-hydrogen) atoms. The van der Waals surface area contributed by atoms with E-state index in [1.807, 2.05) is 4.90 Å². The van der Waals surface area contributed by atoms with Crippen LogP contribution in [0.25, 0.3) is 0 Å². The van der Waals surface area contributed by atoms with Crippen LogP contribution in [-0.4, -0.2) is 50.3 Å². The fourth-order valence-corrected chi connectivity index (χ4v) is 3.92. The molecule has 3 heterocycles. The van der Waals surface area contributed by atoms with E-state index in [0.717, 1.165) is 12.8 Å². The number of piperidine rings is 1. The number of carboxylic acids is 1. The molecule has 0 aliphatic carbocycles. The third-order valence-corrected chi connectivity index (χ3v) is 4.95. The number of carbonyl (C=O) groups excluding carboxylic acids is 1. The van der Waals surface area contributed by atoms with Gasteiger partial charge in [0.05, 0.1) is 12.6 Å². The van der Waals surface area contributed by atoms with E-state index in [9.17, 15) is 14.7 Å². The van der Waals surface area contributed by atoms with Gasteiger partial charge in [-0.3, -0.25) is 0 Å². The van der Waals surface area contributed by atoms with Gasteiger partial charge >= 0.3 is 12.0 Å². The van der Waals surface area contributed by atoms with Crippen molar-refractivity contribution in [1.29, 1.82) is 0 Å². The molecule has 2 saturated heterocycles. The fraction of sp³-hybridized carbons (Fsp3) is 0.615. The lowest BCUT2D eigenvalue weighted by Crippen LogP contribution is -2.51. The quantitative estimate of drug-likeness (QED) is 0.774. The molecule has 2 bridgehead atoms. The Morgan fingerprint density at radius 1 is 1.38 bits per heavy atom. The number of carbonyl (C=O) groups is 2. The highest BCUT2D eigenvalue weighted by Crippen LogP contribution is 2.35. The molecule has 7 nitrogen and oxygen atoms in total. The number of amides is 2. The molecule has 2 aliphatic rings. The van der Waals surface area contributed by atoms with Crippen LogP contribution in [0.5, 0.6) is 0 Å². The van der Waals surface area contributed by atoms with Gasteiger partial charge in [0.15, 0.2) is 5.69 Å². The molecule has 2 aliphatic heterocycles. The predicted molar refractivity (Wildman–Crippen MR) is 75.2 cm³/mol. The first-order chi connectivity index (χ1) is 10.0. The van der Waals surface area contributed by atoms with E-state index in [0.29, 0.717) is 17.8 Å². The number of hydrogen-bond acceptors (Lipinski definition) is 5. The number of fused-ring (bicyclic) bond motifs is 2. The number of aliphatic hydroxyl groups is 1. The molecular weight excluding hydrogens is 294 g/mol. The van der Waals surface area contributed by atoms with E-state index in [-0.39, 0.29) is 36.5 Å². The lowest BCUT2D eigenvalue weighted by Gasteiger charge is -2.37. The zero-order valence-corrected chi connectivity index (χ0v) is 12.2. The van der Waals surface area contributed by atoms with Gasteiger partial charge in [-0.2, -0.15) is 0 Å².